The van der Waals surface area contributed by atoms with E-state index in [4.69, 9.17) is 22.1 Å². The van der Waals surface area contributed by atoms with Crippen molar-refractivity contribution in [1.82, 2.24) is 9.55 Å². The molecule has 0 amide bonds. The van der Waals surface area contributed by atoms with Crippen LogP contribution in [0.4, 0.5) is 5.82 Å². The molecule has 3 N–H and O–H groups in total. The van der Waals surface area contributed by atoms with Crippen molar-refractivity contribution < 1.29 is 9.53 Å². The van der Waals surface area contributed by atoms with Gasteiger partial charge in [-0.25, -0.2) is 4.79 Å². The number of nitrogen functional groups attached to an aromatic ring is 1. The van der Waals surface area contributed by atoms with Crippen molar-refractivity contribution in [2.75, 3.05) is 25.3 Å². The Kier molecular flexibility index (Phi) is 6.67. The van der Waals surface area contributed by atoms with Crippen molar-refractivity contribution in [2.45, 2.75) is 6.54 Å². The number of alkyl halides is 1. The summed E-state index contributed by atoms with van der Waals surface area (Å²) in [6, 6.07) is 0. The van der Waals surface area contributed by atoms with Crippen LogP contribution < -0.4 is 17.0 Å². The summed E-state index contributed by atoms with van der Waals surface area (Å²) in [5.41, 5.74) is 3.80. The van der Waals surface area contributed by atoms with Crippen LogP contribution in [0.5, 0.6) is 0 Å². The van der Waals surface area contributed by atoms with Crippen LogP contribution in [-0.4, -0.2) is 34.9 Å². The van der Waals surface area contributed by atoms with E-state index < -0.39 is 17.0 Å². The molecule has 102 valence electrons. The second-order valence-corrected chi connectivity index (χ2v) is 3.49. The molecule has 0 saturated heterocycles. The Hall–Kier alpha value is -1.31. The summed E-state index contributed by atoms with van der Waals surface area (Å²) in [7, 11) is 1.46. The van der Waals surface area contributed by atoms with Crippen molar-refractivity contribution in [3.8, 4) is 0 Å². The van der Waals surface area contributed by atoms with E-state index in [-0.39, 0.29) is 42.8 Å². The zero-order chi connectivity index (χ0) is 13.0. The third-order valence-electron chi connectivity index (χ3n) is 2.16. The second kappa shape index (κ2) is 7.20. The molecule has 0 fully saturated rings. The van der Waals surface area contributed by atoms with Gasteiger partial charge in [-0.2, -0.15) is 0 Å². The minimum atomic E-state index is -0.827. The van der Waals surface area contributed by atoms with Crippen LogP contribution >= 0.6 is 24.0 Å². The van der Waals surface area contributed by atoms with E-state index in [9.17, 15) is 14.4 Å². The molecule has 0 aliphatic carbocycles. The Bertz CT molecular complexity index is 538. The minimum absolute atomic E-state index is 0. The molecule has 1 aromatic heterocycles. The molecule has 0 spiro atoms. The van der Waals surface area contributed by atoms with Gasteiger partial charge in [0.15, 0.2) is 5.78 Å². The van der Waals surface area contributed by atoms with E-state index in [2.05, 4.69) is 0 Å². The van der Waals surface area contributed by atoms with Gasteiger partial charge < -0.3 is 10.5 Å². The number of carbonyl (C=O) groups is 1. The lowest BCUT2D eigenvalue weighted by Gasteiger charge is -2.10. The lowest BCUT2D eigenvalue weighted by molar-refractivity contribution is 0.101. The number of hydrogen-bond donors (Lipinski definition) is 2. The van der Waals surface area contributed by atoms with Gasteiger partial charge in [0, 0.05) is 7.11 Å². The highest BCUT2D eigenvalue weighted by molar-refractivity contribution is 6.31. The smallest absolute Gasteiger partial charge is 0.330 e. The lowest BCUT2D eigenvalue weighted by atomic mass is 10.2. The topological polar surface area (TPSA) is 107 Å². The van der Waals surface area contributed by atoms with Gasteiger partial charge in [-0.05, 0) is 0 Å². The molecule has 1 rings (SSSR count). The normalized spacial score (nSPS) is 9.89. The standard InChI is InChI=1S/C9H12ClN3O4.ClH/c1-17-3-2-13-7(11)6(5(14)4-10)8(15)12-9(13)16;/h2-4,11H2,1H3,(H,12,15,16);1H. The highest BCUT2D eigenvalue weighted by Crippen LogP contribution is 2.05. The van der Waals surface area contributed by atoms with Crippen LogP contribution in [0.25, 0.3) is 0 Å². The predicted molar refractivity (Wildman–Crippen MR) is 69.9 cm³/mol. The monoisotopic (exact) mass is 297 g/mol. The summed E-state index contributed by atoms with van der Waals surface area (Å²) in [6.45, 7) is 0.366. The molecule has 0 bridgehead atoms. The maximum atomic E-state index is 11.5. The molecule has 1 heterocycles. The molecule has 0 aliphatic rings. The number of hydrogen-bond acceptors (Lipinski definition) is 5. The van der Waals surface area contributed by atoms with Crippen molar-refractivity contribution in [3.63, 3.8) is 0 Å². The number of ketones is 1. The number of ether oxygens (including phenoxy) is 1. The lowest BCUT2D eigenvalue weighted by Crippen LogP contribution is -2.37. The number of rotatable bonds is 5. The molecule has 18 heavy (non-hydrogen) atoms. The van der Waals surface area contributed by atoms with Gasteiger partial charge in [-0.3, -0.25) is 19.1 Å². The van der Waals surface area contributed by atoms with E-state index in [1.54, 1.807) is 0 Å². The van der Waals surface area contributed by atoms with Crippen LogP contribution in [0.2, 0.25) is 0 Å². The number of methoxy groups -OCH3 is 1. The number of nitrogens with one attached hydrogen (secondary N) is 1. The Morgan fingerprint density at radius 3 is 2.61 bits per heavy atom. The molecule has 0 saturated carbocycles. The summed E-state index contributed by atoms with van der Waals surface area (Å²) >= 11 is 5.36. The predicted octanol–water partition coefficient (Wildman–Crippen LogP) is -0.392. The molecular weight excluding hydrogens is 285 g/mol. The van der Waals surface area contributed by atoms with Gasteiger partial charge in [0.2, 0.25) is 0 Å². The fourth-order valence-corrected chi connectivity index (χ4v) is 1.46. The number of carbonyl (C=O) groups excluding carboxylic acids is 1. The Labute approximate surface area is 113 Å². The molecule has 0 unspecified atom stereocenters. The Morgan fingerprint density at radius 2 is 2.11 bits per heavy atom. The molecule has 9 heteroatoms. The van der Waals surface area contributed by atoms with Crippen molar-refractivity contribution in [1.29, 1.82) is 0 Å². The number of aromatic amines is 1. The van der Waals surface area contributed by atoms with Crippen molar-refractivity contribution >= 4 is 35.6 Å². The number of halogens is 2. The highest BCUT2D eigenvalue weighted by atomic mass is 35.5. The Balaban J connectivity index is 0.00000289. The van der Waals surface area contributed by atoms with E-state index >= 15 is 0 Å². The molecule has 0 atom stereocenters. The molecule has 0 aliphatic heterocycles. The molecular formula is C9H13Cl2N3O4. The summed E-state index contributed by atoms with van der Waals surface area (Å²) in [4.78, 5) is 36.3. The van der Waals surface area contributed by atoms with Crippen LogP contribution in [0, 0.1) is 0 Å². The number of H-pyrrole nitrogens is 1. The first-order valence-corrected chi connectivity index (χ1v) is 5.27. The highest BCUT2D eigenvalue weighted by Gasteiger charge is 2.18. The molecule has 7 nitrogen and oxygen atoms in total. The maximum Gasteiger partial charge on any atom is 0.330 e. The summed E-state index contributed by atoms with van der Waals surface area (Å²) in [5, 5.41) is 0. The van der Waals surface area contributed by atoms with Gasteiger partial charge in [0.25, 0.3) is 5.56 Å². The maximum absolute atomic E-state index is 11.5. The SMILES string of the molecule is COCCn1c(N)c(C(=O)CCl)c(=O)[nH]c1=O.Cl. The molecule has 1 aromatic rings. The van der Waals surface area contributed by atoms with Gasteiger partial charge in [0.05, 0.1) is 19.0 Å². The van der Waals surface area contributed by atoms with Crippen molar-refractivity contribution in [2.24, 2.45) is 0 Å². The van der Waals surface area contributed by atoms with Gasteiger partial charge in [-0.15, -0.1) is 24.0 Å². The largest absolute Gasteiger partial charge is 0.384 e. The number of nitrogens with zero attached hydrogens (tertiary/aromatic N) is 1. The van der Waals surface area contributed by atoms with Gasteiger partial charge in [0.1, 0.15) is 11.4 Å². The summed E-state index contributed by atoms with van der Waals surface area (Å²) < 4.78 is 5.85. The number of anilines is 1. The second-order valence-electron chi connectivity index (χ2n) is 3.22. The number of aromatic nitrogens is 2. The van der Waals surface area contributed by atoms with Crippen LogP contribution in [0.1, 0.15) is 10.4 Å². The summed E-state index contributed by atoms with van der Waals surface area (Å²) in [5.74, 6) is -1.20. The first-order chi connectivity index (χ1) is 8.02. The molecule has 0 aromatic carbocycles. The minimum Gasteiger partial charge on any atom is -0.384 e. The number of Topliss-reactive ketones (excluding diaryl/α,β-unsaturated/α-hetero) is 1. The third kappa shape index (κ3) is 3.34. The molecule has 0 radical (unpaired) electrons. The average molecular weight is 298 g/mol. The quantitative estimate of drug-likeness (QED) is 0.568. The van der Waals surface area contributed by atoms with Crippen molar-refractivity contribution in [3.05, 3.63) is 26.4 Å². The first-order valence-electron chi connectivity index (χ1n) is 4.73. The zero-order valence-corrected chi connectivity index (χ0v) is 11.1. The van der Waals surface area contributed by atoms with Crippen LogP contribution in [0.3, 0.4) is 0 Å². The van der Waals surface area contributed by atoms with Gasteiger partial charge in [-0.1, -0.05) is 0 Å². The van der Waals surface area contributed by atoms with E-state index in [0.29, 0.717) is 0 Å². The van der Waals surface area contributed by atoms with E-state index in [1.807, 2.05) is 4.98 Å². The summed E-state index contributed by atoms with van der Waals surface area (Å²) in [6.07, 6.45) is 0. The van der Waals surface area contributed by atoms with E-state index in [1.165, 1.54) is 7.11 Å². The Morgan fingerprint density at radius 1 is 1.50 bits per heavy atom. The number of nitrogens with two attached hydrogens (primary N) is 1. The average Bonchev–Trinajstić information content (AvgIpc) is 2.28. The third-order valence-corrected chi connectivity index (χ3v) is 2.40. The van der Waals surface area contributed by atoms with Crippen LogP contribution in [-0.2, 0) is 11.3 Å². The first kappa shape index (κ1) is 16.7. The van der Waals surface area contributed by atoms with Gasteiger partial charge >= 0.3 is 5.69 Å². The fraction of sp³-hybridized carbons (Fsp3) is 0.444. The van der Waals surface area contributed by atoms with Crippen LogP contribution in [0.15, 0.2) is 9.59 Å². The zero-order valence-electron chi connectivity index (χ0n) is 9.57. The fourth-order valence-electron chi connectivity index (χ4n) is 1.33. The van der Waals surface area contributed by atoms with E-state index in [0.717, 1.165) is 4.57 Å².